The summed E-state index contributed by atoms with van der Waals surface area (Å²) >= 11 is 0. The van der Waals surface area contributed by atoms with Crippen molar-refractivity contribution in [1.82, 2.24) is 10.2 Å². The van der Waals surface area contributed by atoms with Gasteiger partial charge in [0.15, 0.2) is 0 Å². The Morgan fingerprint density at radius 1 is 1.20 bits per heavy atom. The molecule has 0 aromatic heterocycles. The highest BCUT2D eigenvalue weighted by atomic mass is 16.5. The van der Waals surface area contributed by atoms with E-state index in [1.54, 1.807) is 0 Å². The van der Waals surface area contributed by atoms with Crippen LogP contribution in [-0.2, 0) is 6.54 Å². The average Bonchev–Trinajstić information content (AvgIpc) is 2.66. The number of benzene rings is 1. The molecule has 3 heteroatoms. The molecule has 3 nitrogen and oxygen atoms in total. The van der Waals surface area contributed by atoms with Crippen LogP contribution in [0.2, 0.25) is 0 Å². The molecule has 2 rings (SSSR count). The van der Waals surface area contributed by atoms with E-state index < -0.39 is 0 Å². The van der Waals surface area contributed by atoms with Crippen molar-refractivity contribution in [2.24, 2.45) is 5.92 Å². The fourth-order valence-electron chi connectivity index (χ4n) is 2.75. The lowest BCUT2D eigenvalue weighted by atomic mass is 10.0. The number of nitrogens with zero attached hydrogens (tertiary/aromatic N) is 1. The number of hydrogen-bond acceptors (Lipinski definition) is 3. The van der Waals surface area contributed by atoms with Crippen molar-refractivity contribution in [2.45, 2.75) is 32.7 Å². The van der Waals surface area contributed by atoms with Crippen LogP contribution in [0.5, 0.6) is 5.75 Å². The Hall–Kier alpha value is -1.06. The zero-order chi connectivity index (χ0) is 14.2. The first kappa shape index (κ1) is 15.3. The first-order chi connectivity index (χ1) is 9.78. The summed E-state index contributed by atoms with van der Waals surface area (Å²) in [5.74, 6) is 1.87. The maximum atomic E-state index is 5.85. The number of ether oxygens (including phenoxy) is 1. The van der Waals surface area contributed by atoms with E-state index in [0.717, 1.165) is 31.4 Å². The molecular formula is C17H28N2O. The molecule has 1 aromatic carbocycles. The lowest BCUT2D eigenvalue weighted by Crippen LogP contribution is -2.29. The lowest BCUT2D eigenvalue weighted by Gasteiger charge is -2.20. The van der Waals surface area contributed by atoms with Crippen LogP contribution in [0.4, 0.5) is 0 Å². The summed E-state index contributed by atoms with van der Waals surface area (Å²) in [7, 11) is 1.96. The van der Waals surface area contributed by atoms with Gasteiger partial charge in [0.2, 0.25) is 0 Å². The van der Waals surface area contributed by atoms with Gasteiger partial charge in [-0.1, -0.05) is 19.1 Å². The molecule has 0 bridgehead atoms. The van der Waals surface area contributed by atoms with Crippen molar-refractivity contribution >= 4 is 0 Å². The van der Waals surface area contributed by atoms with E-state index in [1.807, 2.05) is 7.05 Å². The van der Waals surface area contributed by atoms with Gasteiger partial charge in [0, 0.05) is 13.1 Å². The smallest absolute Gasteiger partial charge is 0.119 e. The van der Waals surface area contributed by atoms with Crippen LogP contribution in [0, 0.1) is 5.92 Å². The van der Waals surface area contributed by atoms with E-state index in [9.17, 15) is 0 Å². The highest BCUT2D eigenvalue weighted by Crippen LogP contribution is 2.16. The summed E-state index contributed by atoms with van der Waals surface area (Å²) in [6.07, 6.45) is 4.04. The van der Waals surface area contributed by atoms with Crippen LogP contribution in [0.3, 0.4) is 0 Å². The third-order valence-corrected chi connectivity index (χ3v) is 4.09. The fourth-order valence-corrected chi connectivity index (χ4v) is 2.75. The second kappa shape index (κ2) is 8.28. The summed E-state index contributed by atoms with van der Waals surface area (Å²) in [6, 6.07) is 8.38. The molecule has 1 unspecified atom stereocenters. The van der Waals surface area contributed by atoms with E-state index in [0.29, 0.717) is 0 Å². The van der Waals surface area contributed by atoms with E-state index in [2.05, 4.69) is 41.4 Å². The first-order valence-electron chi connectivity index (χ1n) is 7.86. The average molecular weight is 276 g/mol. The van der Waals surface area contributed by atoms with Crippen molar-refractivity contribution in [3.05, 3.63) is 29.8 Å². The normalized spacial score (nSPS) is 20.6. The molecular weight excluding hydrogens is 248 g/mol. The Morgan fingerprint density at radius 2 is 2.00 bits per heavy atom. The van der Waals surface area contributed by atoms with Gasteiger partial charge in [-0.3, -0.25) is 4.90 Å². The van der Waals surface area contributed by atoms with Gasteiger partial charge in [0.1, 0.15) is 12.4 Å². The molecule has 0 saturated carbocycles. The van der Waals surface area contributed by atoms with Crippen molar-refractivity contribution in [3.63, 3.8) is 0 Å². The summed E-state index contributed by atoms with van der Waals surface area (Å²) in [5.41, 5.74) is 1.29. The third-order valence-electron chi connectivity index (χ3n) is 4.09. The van der Waals surface area contributed by atoms with Gasteiger partial charge in [-0.2, -0.15) is 0 Å². The van der Waals surface area contributed by atoms with Gasteiger partial charge in [0.05, 0.1) is 0 Å². The largest absolute Gasteiger partial charge is 0.492 e. The maximum Gasteiger partial charge on any atom is 0.119 e. The lowest BCUT2D eigenvalue weighted by molar-refractivity contribution is 0.212. The fraction of sp³-hybridized carbons (Fsp3) is 0.647. The molecule has 1 aliphatic heterocycles. The van der Waals surface area contributed by atoms with Gasteiger partial charge in [0.25, 0.3) is 0 Å². The summed E-state index contributed by atoms with van der Waals surface area (Å²) in [5, 5.41) is 3.15. The zero-order valence-electron chi connectivity index (χ0n) is 12.9. The van der Waals surface area contributed by atoms with Crippen LogP contribution in [0.1, 0.15) is 31.7 Å². The summed E-state index contributed by atoms with van der Waals surface area (Å²) in [4.78, 5) is 2.54. The van der Waals surface area contributed by atoms with Crippen LogP contribution < -0.4 is 10.1 Å². The molecule has 1 aliphatic rings. The molecule has 112 valence electrons. The van der Waals surface area contributed by atoms with Gasteiger partial charge in [-0.25, -0.2) is 0 Å². The number of rotatable bonds is 6. The Balaban J connectivity index is 1.69. The molecule has 1 aromatic rings. The minimum atomic E-state index is 0.791. The summed E-state index contributed by atoms with van der Waals surface area (Å²) in [6.45, 7) is 7.57. The van der Waals surface area contributed by atoms with Gasteiger partial charge >= 0.3 is 0 Å². The van der Waals surface area contributed by atoms with E-state index in [1.165, 1.54) is 37.9 Å². The minimum absolute atomic E-state index is 0.791. The summed E-state index contributed by atoms with van der Waals surface area (Å²) < 4.78 is 5.85. The van der Waals surface area contributed by atoms with Crippen molar-refractivity contribution in [1.29, 1.82) is 0 Å². The molecule has 0 radical (unpaired) electrons. The molecule has 0 spiro atoms. The monoisotopic (exact) mass is 276 g/mol. The topological polar surface area (TPSA) is 24.5 Å². The van der Waals surface area contributed by atoms with Crippen molar-refractivity contribution in [3.8, 4) is 5.75 Å². The van der Waals surface area contributed by atoms with Crippen LogP contribution >= 0.6 is 0 Å². The predicted molar refractivity (Wildman–Crippen MR) is 84.2 cm³/mol. The Kier molecular flexibility index (Phi) is 6.34. The molecule has 0 aliphatic carbocycles. The Bertz CT molecular complexity index is 377. The molecule has 20 heavy (non-hydrogen) atoms. The zero-order valence-corrected chi connectivity index (χ0v) is 12.9. The maximum absolute atomic E-state index is 5.85. The van der Waals surface area contributed by atoms with Crippen LogP contribution in [0.25, 0.3) is 0 Å². The molecule has 1 atom stereocenters. The highest BCUT2D eigenvalue weighted by Gasteiger charge is 2.13. The van der Waals surface area contributed by atoms with E-state index in [4.69, 9.17) is 4.74 Å². The predicted octanol–water partition coefficient (Wildman–Crippen LogP) is 2.91. The molecule has 1 heterocycles. The Morgan fingerprint density at radius 3 is 2.75 bits per heavy atom. The molecule has 1 saturated heterocycles. The molecule has 0 amide bonds. The minimum Gasteiger partial charge on any atom is -0.492 e. The highest BCUT2D eigenvalue weighted by molar-refractivity contribution is 5.27. The second-order valence-electron chi connectivity index (χ2n) is 5.90. The van der Waals surface area contributed by atoms with Crippen LogP contribution in [-0.4, -0.2) is 38.2 Å². The number of likely N-dealkylation sites (tertiary alicyclic amines) is 1. The van der Waals surface area contributed by atoms with Gasteiger partial charge in [-0.15, -0.1) is 0 Å². The SMILES string of the molecule is CNCc1ccc(OCCN2CCCC(C)CC2)cc1. The second-order valence-corrected chi connectivity index (χ2v) is 5.90. The number of hydrogen-bond donors (Lipinski definition) is 1. The van der Waals surface area contributed by atoms with E-state index in [-0.39, 0.29) is 0 Å². The van der Waals surface area contributed by atoms with E-state index >= 15 is 0 Å². The first-order valence-corrected chi connectivity index (χ1v) is 7.86. The standard InChI is InChI=1S/C17H28N2O/c1-15-4-3-10-19(11-9-15)12-13-20-17-7-5-16(6-8-17)14-18-2/h5-8,15,18H,3-4,9-14H2,1-2H3. The van der Waals surface area contributed by atoms with Gasteiger partial charge < -0.3 is 10.1 Å². The third kappa shape index (κ3) is 5.14. The van der Waals surface area contributed by atoms with Crippen molar-refractivity contribution < 1.29 is 4.74 Å². The van der Waals surface area contributed by atoms with Gasteiger partial charge in [-0.05, 0) is 63.0 Å². The van der Waals surface area contributed by atoms with Crippen molar-refractivity contribution in [2.75, 3.05) is 33.3 Å². The molecule has 1 fully saturated rings. The number of nitrogens with one attached hydrogen (secondary N) is 1. The molecule has 1 N–H and O–H groups in total. The Labute approximate surface area is 123 Å². The quantitative estimate of drug-likeness (QED) is 0.864. The van der Waals surface area contributed by atoms with Crippen LogP contribution in [0.15, 0.2) is 24.3 Å².